The molecule has 0 aromatic heterocycles. The number of hydrogen-bond donors (Lipinski definition) is 2. The molecular weight excluding hydrogens is 531 g/mol. The number of benzene rings is 1. The van der Waals surface area contributed by atoms with Crippen LogP contribution in [-0.4, -0.2) is 71.4 Å². The number of aliphatic imine (C=N–C) groups is 1. The topological polar surface area (TPSA) is 92.3 Å². The van der Waals surface area contributed by atoms with Gasteiger partial charge < -0.3 is 20.1 Å². The first-order valence-corrected chi connectivity index (χ1v) is 12.4. The number of aryl methyl sites for hydroxylation is 1. The van der Waals surface area contributed by atoms with Crippen molar-refractivity contribution < 1.29 is 17.9 Å². The van der Waals surface area contributed by atoms with Crippen molar-refractivity contribution in [2.45, 2.75) is 26.3 Å². The first kappa shape index (κ1) is 26.1. The van der Waals surface area contributed by atoms with Crippen LogP contribution < -0.4 is 15.4 Å². The number of ether oxygens (including phenoxy) is 2. The average molecular weight is 567 g/mol. The van der Waals surface area contributed by atoms with Crippen molar-refractivity contribution in [1.29, 1.82) is 0 Å². The van der Waals surface area contributed by atoms with E-state index in [1.165, 1.54) is 6.26 Å². The van der Waals surface area contributed by atoms with Crippen molar-refractivity contribution in [1.82, 2.24) is 14.9 Å². The smallest absolute Gasteiger partial charge is 0.211 e. The maximum atomic E-state index is 11.7. The van der Waals surface area contributed by atoms with E-state index >= 15 is 0 Å². The molecule has 8 nitrogen and oxygen atoms in total. The quantitative estimate of drug-likeness (QED) is 0.284. The summed E-state index contributed by atoms with van der Waals surface area (Å²) in [6.07, 6.45) is 3.18. The van der Waals surface area contributed by atoms with Gasteiger partial charge in [0.25, 0.3) is 0 Å². The van der Waals surface area contributed by atoms with E-state index in [9.17, 15) is 8.42 Å². The number of hydrogen-bond acceptors (Lipinski definition) is 5. The highest BCUT2D eigenvalue weighted by Gasteiger charge is 2.28. The standard InChI is InChI=1S/C21H34N4O4S.HI/c1-16-4-5-19(20(10-16)29-15-18-7-9-28-14-18)12-24-21(22-2)23-11-17-6-8-25(13-17)30(3,26)27;/h4-5,10,17-18H,6-9,11-15H2,1-3H3,(H2,22,23,24);1H. The summed E-state index contributed by atoms with van der Waals surface area (Å²) in [5.41, 5.74) is 2.24. The van der Waals surface area contributed by atoms with Crippen LogP contribution in [0, 0.1) is 18.8 Å². The molecule has 0 spiro atoms. The van der Waals surface area contributed by atoms with E-state index in [0.717, 1.165) is 42.9 Å². The monoisotopic (exact) mass is 566 g/mol. The van der Waals surface area contributed by atoms with Crippen LogP contribution in [0.25, 0.3) is 0 Å². The van der Waals surface area contributed by atoms with Gasteiger partial charge in [0.15, 0.2) is 5.96 Å². The molecule has 176 valence electrons. The fourth-order valence-electron chi connectivity index (χ4n) is 3.77. The molecule has 10 heteroatoms. The molecule has 2 fully saturated rings. The number of halogens is 1. The summed E-state index contributed by atoms with van der Waals surface area (Å²) >= 11 is 0. The van der Waals surface area contributed by atoms with Crippen molar-refractivity contribution in [3.8, 4) is 5.75 Å². The molecule has 2 unspecified atom stereocenters. The van der Waals surface area contributed by atoms with Crippen LogP contribution in [0.1, 0.15) is 24.0 Å². The molecule has 31 heavy (non-hydrogen) atoms. The highest BCUT2D eigenvalue weighted by molar-refractivity contribution is 14.0. The zero-order chi connectivity index (χ0) is 21.6. The molecule has 2 atom stereocenters. The van der Waals surface area contributed by atoms with Crippen molar-refractivity contribution >= 4 is 40.0 Å². The van der Waals surface area contributed by atoms with Gasteiger partial charge >= 0.3 is 0 Å². The van der Waals surface area contributed by atoms with Crippen LogP contribution in [-0.2, 0) is 21.3 Å². The van der Waals surface area contributed by atoms with Gasteiger partial charge in [-0.05, 0) is 37.3 Å². The number of sulfonamides is 1. The number of rotatable bonds is 8. The van der Waals surface area contributed by atoms with E-state index in [4.69, 9.17) is 9.47 Å². The predicted octanol–water partition coefficient (Wildman–Crippen LogP) is 1.97. The van der Waals surface area contributed by atoms with E-state index in [-0.39, 0.29) is 29.9 Å². The van der Waals surface area contributed by atoms with Gasteiger partial charge in [-0.2, -0.15) is 0 Å². The minimum absolute atomic E-state index is 0. The molecule has 0 bridgehead atoms. The first-order valence-electron chi connectivity index (χ1n) is 10.5. The Morgan fingerprint density at radius 2 is 2.10 bits per heavy atom. The van der Waals surface area contributed by atoms with Gasteiger partial charge in [0.1, 0.15) is 5.75 Å². The summed E-state index contributed by atoms with van der Waals surface area (Å²) in [6, 6.07) is 6.23. The third-order valence-corrected chi connectivity index (χ3v) is 6.94. The molecule has 1 aromatic rings. The SMILES string of the molecule is CN=C(NCc1ccc(C)cc1OCC1CCOC1)NCC1CCN(S(C)(=O)=O)C1.I. The van der Waals surface area contributed by atoms with E-state index in [1.807, 2.05) is 0 Å². The van der Waals surface area contributed by atoms with Gasteiger partial charge in [-0.3, -0.25) is 4.99 Å². The van der Waals surface area contributed by atoms with Crippen LogP contribution in [0.3, 0.4) is 0 Å². The highest BCUT2D eigenvalue weighted by Crippen LogP contribution is 2.23. The van der Waals surface area contributed by atoms with E-state index in [1.54, 1.807) is 11.4 Å². The Morgan fingerprint density at radius 1 is 1.29 bits per heavy atom. The van der Waals surface area contributed by atoms with Crippen LogP contribution >= 0.6 is 24.0 Å². The molecule has 0 radical (unpaired) electrons. The third-order valence-electron chi connectivity index (χ3n) is 5.67. The van der Waals surface area contributed by atoms with Gasteiger partial charge in [-0.25, -0.2) is 12.7 Å². The zero-order valence-electron chi connectivity index (χ0n) is 18.6. The lowest BCUT2D eigenvalue weighted by Gasteiger charge is -2.18. The minimum atomic E-state index is -3.11. The maximum Gasteiger partial charge on any atom is 0.211 e. The van der Waals surface area contributed by atoms with Crippen LogP contribution in [0.15, 0.2) is 23.2 Å². The van der Waals surface area contributed by atoms with Crippen molar-refractivity contribution in [3.05, 3.63) is 29.3 Å². The Kier molecular flexibility index (Phi) is 10.3. The molecule has 1 aromatic carbocycles. The summed E-state index contributed by atoms with van der Waals surface area (Å²) in [6.45, 7) is 6.75. The average Bonchev–Trinajstić information content (AvgIpc) is 3.39. The Morgan fingerprint density at radius 3 is 2.74 bits per heavy atom. The van der Waals surface area contributed by atoms with Crippen molar-refractivity contribution in [2.24, 2.45) is 16.8 Å². The van der Waals surface area contributed by atoms with E-state index in [0.29, 0.717) is 44.7 Å². The molecular formula is C21H35IN4O4S. The Hall–Kier alpha value is -1.11. The molecule has 0 aliphatic carbocycles. The second-order valence-electron chi connectivity index (χ2n) is 8.23. The van der Waals surface area contributed by atoms with Crippen LogP contribution in [0.4, 0.5) is 0 Å². The summed E-state index contributed by atoms with van der Waals surface area (Å²) in [5, 5.41) is 6.66. The van der Waals surface area contributed by atoms with Crippen LogP contribution in [0.5, 0.6) is 5.75 Å². The molecule has 2 aliphatic heterocycles. The molecule has 3 rings (SSSR count). The summed E-state index contributed by atoms with van der Waals surface area (Å²) in [4.78, 5) is 4.29. The third kappa shape index (κ3) is 8.07. The molecule has 2 aliphatic rings. The van der Waals surface area contributed by atoms with Crippen molar-refractivity contribution in [3.63, 3.8) is 0 Å². The zero-order valence-corrected chi connectivity index (χ0v) is 21.7. The van der Waals surface area contributed by atoms with Gasteiger partial charge in [0.05, 0.1) is 19.5 Å². The fourth-order valence-corrected chi connectivity index (χ4v) is 4.69. The van der Waals surface area contributed by atoms with Crippen molar-refractivity contribution in [2.75, 3.05) is 52.8 Å². The Balaban J connectivity index is 0.00000341. The Labute approximate surface area is 203 Å². The van der Waals surface area contributed by atoms with Gasteiger partial charge in [-0.1, -0.05) is 12.1 Å². The first-order chi connectivity index (χ1) is 14.3. The molecule has 0 amide bonds. The lowest BCUT2D eigenvalue weighted by Crippen LogP contribution is -2.40. The molecule has 2 N–H and O–H groups in total. The van der Waals surface area contributed by atoms with E-state index < -0.39 is 10.0 Å². The molecule has 0 saturated carbocycles. The van der Waals surface area contributed by atoms with E-state index in [2.05, 4.69) is 40.7 Å². The van der Waals surface area contributed by atoms with Gasteiger partial charge in [0, 0.05) is 51.3 Å². The summed E-state index contributed by atoms with van der Waals surface area (Å²) in [5.74, 6) is 2.33. The maximum absolute atomic E-state index is 11.7. The minimum Gasteiger partial charge on any atom is -0.493 e. The highest BCUT2D eigenvalue weighted by atomic mass is 127. The largest absolute Gasteiger partial charge is 0.493 e. The number of nitrogens with zero attached hydrogens (tertiary/aromatic N) is 2. The summed E-state index contributed by atoms with van der Waals surface area (Å²) < 4.78 is 36.4. The fraction of sp³-hybridized carbons (Fsp3) is 0.667. The summed E-state index contributed by atoms with van der Waals surface area (Å²) in [7, 11) is -1.37. The van der Waals surface area contributed by atoms with Crippen LogP contribution in [0.2, 0.25) is 0 Å². The second kappa shape index (κ2) is 12.2. The predicted molar refractivity (Wildman–Crippen MR) is 134 cm³/mol. The normalized spacial score (nSPS) is 22.2. The number of guanidine groups is 1. The van der Waals surface area contributed by atoms with Gasteiger partial charge in [-0.15, -0.1) is 24.0 Å². The molecule has 2 saturated heterocycles. The lowest BCUT2D eigenvalue weighted by molar-refractivity contribution is 0.166. The molecule has 2 heterocycles. The number of nitrogens with one attached hydrogen (secondary N) is 2. The second-order valence-corrected chi connectivity index (χ2v) is 10.2. The Bertz CT molecular complexity index is 844. The lowest BCUT2D eigenvalue weighted by atomic mass is 10.1. The van der Waals surface area contributed by atoms with Gasteiger partial charge in [0.2, 0.25) is 10.0 Å².